The van der Waals surface area contributed by atoms with Crippen LogP contribution in [-0.2, 0) is 0 Å². The second-order valence-corrected chi connectivity index (χ2v) is 3.87. The molecule has 0 spiro atoms. The summed E-state index contributed by atoms with van der Waals surface area (Å²) in [5.74, 6) is 0. The van der Waals surface area contributed by atoms with E-state index in [1.807, 2.05) is 0 Å². The zero-order valence-corrected chi connectivity index (χ0v) is 7.32. The first-order valence-electron chi connectivity index (χ1n) is 3.39. The minimum absolute atomic E-state index is 0.303. The maximum atomic E-state index is 5.63. The predicted molar refractivity (Wildman–Crippen MR) is 47.1 cm³/mol. The number of nitrogens with two attached hydrogens (primary N) is 1. The molecule has 1 fully saturated rings. The lowest BCUT2D eigenvalue weighted by molar-refractivity contribution is 1.00. The van der Waals surface area contributed by atoms with Gasteiger partial charge in [-0.1, -0.05) is 11.6 Å². The molecular formula is C6H8ClN3S. The van der Waals surface area contributed by atoms with Crippen molar-refractivity contribution >= 4 is 28.1 Å². The van der Waals surface area contributed by atoms with Crippen LogP contribution >= 0.6 is 22.9 Å². The maximum Gasteiger partial charge on any atom is 0.184 e. The number of hydrogen-bond acceptors (Lipinski definition) is 4. The number of rotatable bonds is 2. The minimum atomic E-state index is 0.303. The van der Waals surface area contributed by atoms with E-state index in [2.05, 4.69) is 10.3 Å². The second-order valence-electron chi connectivity index (χ2n) is 2.63. The highest BCUT2D eigenvalue weighted by Crippen LogP contribution is 2.26. The first kappa shape index (κ1) is 7.34. The van der Waals surface area contributed by atoms with Crippen LogP contribution in [0.25, 0.3) is 0 Å². The van der Waals surface area contributed by atoms with E-state index in [-0.39, 0.29) is 0 Å². The Balaban J connectivity index is 1.96. The zero-order valence-electron chi connectivity index (χ0n) is 5.75. The maximum absolute atomic E-state index is 5.63. The molecule has 60 valence electrons. The van der Waals surface area contributed by atoms with E-state index in [0.29, 0.717) is 17.2 Å². The molecule has 1 heterocycles. The van der Waals surface area contributed by atoms with Crippen LogP contribution in [0.15, 0.2) is 5.38 Å². The quantitative estimate of drug-likeness (QED) is 0.738. The van der Waals surface area contributed by atoms with Gasteiger partial charge in [-0.25, -0.2) is 4.98 Å². The summed E-state index contributed by atoms with van der Waals surface area (Å²) in [6.07, 6.45) is 1.04. The van der Waals surface area contributed by atoms with Crippen molar-refractivity contribution in [3.63, 3.8) is 0 Å². The largest absolute Gasteiger partial charge is 0.357 e. The number of thiazole rings is 1. The van der Waals surface area contributed by atoms with Crippen molar-refractivity contribution in [2.24, 2.45) is 5.73 Å². The Morgan fingerprint density at radius 1 is 1.82 bits per heavy atom. The van der Waals surface area contributed by atoms with Crippen molar-refractivity contribution in [2.75, 3.05) is 5.32 Å². The van der Waals surface area contributed by atoms with Crippen molar-refractivity contribution in [2.45, 2.75) is 18.5 Å². The average molecular weight is 190 g/mol. The van der Waals surface area contributed by atoms with Gasteiger partial charge in [-0.2, -0.15) is 0 Å². The van der Waals surface area contributed by atoms with Crippen LogP contribution in [0.2, 0.25) is 5.15 Å². The molecule has 1 aliphatic carbocycles. The summed E-state index contributed by atoms with van der Waals surface area (Å²) in [7, 11) is 0. The first-order chi connectivity index (χ1) is 5.25. The van der Waals surface area contributed by atoms with Gasteiger partial charge in [-0.05, 0) is 6.42 Å². The molecule has 0 radical (unpaired) electrons. The van der Waals surface area contributed by atoms with E-state index in [1.165, 1.54) is 11.3 Å². The van der Waals surface area contributed by atoms with Gasteiger partial charge < -0.3 is 11.1 Å². The van der Waals surface area contributed by atoms with Crippen molar-refractivity contribution < 1.29 is 0 Å². The molecule has 2 rings (SSSR count). The van der Waals surface area contributed by atoms with Gasteiger partial charge >= 0.3 is 0 Å². The summed E-state index contributed by atoms with van der Waals surface area (Å²) in [4.78, 5) is 4.04. The lowest BCUT2D eigenvalue weighted by Crippen LogP contribution is -2.12. The van der Waals surface area contributed by atoms with Gasteiger partial charge in [0.05, 0.1) is 0 Å². The lowest BCUT2D eigenvalue weighted by Gasteiger charge is -1.96. The molecule has 0 bridgehead atoms. The molecule has 1 aromatic heterocycles. The molecule has 1 aromatic rings. The van der Waals surface area contributed by atoms with Crippen LogP contribution in [0.1, 0.15) is 6.42 Å². The summed E-state index contributed by atoms with van der Waals surface area (Å²) in [5, 5.41) is 6.40. The minimum Gasteiger partial charge on any atom is -0.357 e. The summed E-state index contributed by atoms with van der Waals surface area (Å²) in [5.41, 5.74) is 5.60. The van der Waals surface area contributed by atoms with Crippen molar-refractivity contribution in [1.29, 1.82) is 0 Å². The highest BCUT2D eigenvalue weighted by atomic mass is 35.5. The molecule has 1 saturated carbocycles. The van der Waals surface area contributed by atoms with E-state index in [4.69, 9.17) is 17.3 Å². The third-order valence-electron chi connectivity index (χ3n) is 1.62. The summed E-state index contributed by atoms with van der Waals surface area (Å²) >= 11 is 7.14. The monoisotopic (exact) mass is 189 g/mol. The molecule has 11 heavy (non-hydrogen) atoms. The highest BCUT2D eigenvalue weighted by molar-refractivity contribution is 7.14. The SMILES string of the molecule is NC1CC1Nc1nc(Cl)cs1. The van der Waals surface area contributed by atoms with Gasteiger partial charge in [0.15, 0.2) is 5.13 Å². The molecule has 1 aliphatic rings. The van der Waals surface area contributed by atoms with Crippen molar-refractivity contribution in [1.82, 2.24) is 4.98 Å². The molecule has 0 aliphatic heterocycles. The smallest absolute Gasteiger partial charge is 0.184 e. The van der Waals surface area contributed by atoms with Gasteiger partial charge in [0.1, 0.15) is 5.15 Å². The fourth-order valence-corrected chi connectivity index (χ4v) is 1.76. The summed E-state index contributed by atoms with van der Waals surface area (Å²) in [6.45, 7) is 0. The number of aromatic nitrogens is 1. The molecule has 3 nitrogen and oxygen atoms in total. The van der Waals surface area contributed by atoms with Crippen LogP contribution in [0, 0.1) is 0 Å². The number of anilines is 1. The van der Waals surface area contributed by atoms with E-state index in [9.17, 15) is 0 Å². The van der Waals surface area contributed by atoms with Crippen LogP contribution < -0.4 is 11.1 Å². The standard InChI is InChI=1S/C6H8ClN3S/c7-5-2-11-6(10-5)9-4-1-3(4)8/h2-4H,1,8H2,(H,9,10). The van der Waals surface area contributed by atoms with Crippen LogP contribution in [0.3, 0.4) is 0 Å². The van der Waals surface area contributed by atoms with Gasteiger partial charge in [0, 0.05) is 17.5 Å². The Hall–Kier alpha value is -0.320. The van der Waals surface area contributed by atoms with Crippen LogP contribution in [0.4, 0.5) is 5.13 Å². The molecular weight excluding hydrogens is 182 g/mol. The Morgan fingerprint density at radius 2 is 2.55 bits per heavy atom. The Bertz CT molecular complexity index is 262. The fourth-order valence-electron chi connectivity index (χ4n) is 0.860. The molecule has 0 saturated heterocycles. The third-order valence-corrected chi connectivity index (χ3v) is 2.72. The van der Waals surface area contributed by atoms with E-state index >= 15 is 0 Å². The molecule has 0 amide bonds. The van der Waals surface area contributed by atoms with Crippen LogP contribution in [0.5, 0.6) is 0 Å². The van der Waals surface area contributed by atoms with E-state index in [1.54, 1.807) is 5.38 Å². The second kappa shape index (κ2) is 2.62. The van der Waals surface area contributed by atoms with Gasteiger partial charge in [-0.15, -0.1) is 11.3 Å². The first-order valence-corrected chi connectivity index (χ1v) is 4.64. The number of hydrogen-bond donors (Lipinski definition) is 2. The van der Waals surface area contributed by atoms with Crippen molar-refractivity contribution in [3.05, 3.63) is 10.5 Å². The third kappa shape index (κ3) is 1.64. The van der Waals surface area contributed by atoms with Gasteiger partial charge in [0.2, 0.25) is 0 Å². The summed E-state index contributed by atoms with van der Waals surface area (Å²) < 4.78 is 0. The zero-order chi connectivity index (χ0) is 7.84. The number of halogens is 1. The van der Waals surface area contributed by atoms with E-state index < -0.39 is 0 Å². The molecule has 2 atom stereocenters. The normalized spacial score (nSPS) is 28.5. The van der Waals surface area contributed by atoms with Crippen molar-refractivity contribution in [3.8, 4) is 0 Å². The molecule has 5 heteroatoms. The van der Waals surface area contributed by atoms with E-state index in [0.717, 1.165) is 11.6 Å². The highest BCUT2D eigenvalue weighted by Gasteiger charge is 2.33. The molecule has 3 N–H and O–H groups in total. The number of nitrogens with zero attached hydrogens (tertiary/aromatic N) is 1. The molecule has 2 unspecified atom stereocenters. The average Bonchev–Trinajstić information content (AvgIpc) is 2.42. The topological polar surface area (TPSA) is 50.9 Å². The van der Waals surface area contributed by atoms with Gasteiger partial charge in [0.25, 0.3) is 0 Å². The summed E-state index contributed by atoms with van der Waals surface area (Å²) in [6, 6.07) is 0.717. The number of nitrogens with one attached hydrogen (secondary N) is 1. The fraction of sp³-hybridized carbons (Fsp3) is 0.500. The Morgan fingerprint density at radius 3 is 3.00 bits per heavy atom. The molecule has 0 aromatic carbocycles. The lowest BCUT2D eigenvalue weighted by atomic mass is 10.7. The van der Waals surface area contributed by atoms with Gasteiger partial charge in [-0.3, -0.25) is 0 Å². The van der Waals surface area contributed by atoms with Crippen LogP contribution in [-0.4, -0.2) is 17.1 Å². The predicted octanol–water partition coefficient (Wildman–Crippen LogP) is 1.31. The Kier molecular flexibility index (Phi) is 1.75. The Labute approximate surface area is 73.6 Å².